The first kappa shape index (κ1) is 18.8. The summed E-state index contributed by atoms with van der Waals surface area (Å²) in [4.78, 5) is 14.3. The van der Waals surface area contributed by atoms with E-state index >= 15 is 0 Å². The van der Waals surface area contributed by atoms with Crippen LogP contribution in [0.3, 0.4) is 0 Å². The van der Waals surface area contributed by atoms with E-state index in [1.807, 2.05) is 57.2 Å². The van der Waals surface area contributed by atoms with E-state index in [1.54, 1.807) is 12.0 Å². The number of anilines is 1. The van der Waals surface area contributed by atoms with Gasteiger partial charge in [-0.3, -0.25) is 0 Å². The Bertz CT molecular complexity index is 720. The summed E-state index contributed by atoms with van der Waals surface area (Å²) < 4.78 is 5.35. The highest BCUT2D eigenvalue weighted by atomic mass is 16.5. The average Bonchev–Trinajstić information content (AvgIpc) is 2.58. The Hall–Kier alpha value is -2.53. The van der Waals surface area contributed by atoms with Crippen molar-refractivity contribution in [3.63, 3.8) is 0 Å². The summed E-state index contributed by atoms with van der Waals surface area (Å²) >= 11 is 0. The smallest absolute Gasteiger partial charge is 0.322 e. The molecule has 0 aliphatic rings. The van der Waals surface area contributed by atoms with Crippen molar-refractivity contribution in [3.8, 4) is 5.75 Å². The summed E-state index contributed by atoms with van der Waals surface area (Å²) in [5.41, 5.74) is 4.91. The highest BCUT2D eigenvalue weighted by Gasteiger charge is 2.17. The second-order valence-electron chi connectivity index (χ2n) is 6.16. The van der Waals surface area contributed by atoms with Crippen LogP contribution in [0, 0.1) is 20.8 Å². The fourth-order valence-corrected chi connectivity index (χ4v) is 2.98. The SMILES string of the molecule is COc1ccccc1CN(CCO)C(=O)Nc1c(C)cc(C)cc1C. The van der Waals surface area contributed by atoms with Crippen LogP contribution >= 0.6 is 0 Å². The number of rotatable bonds is 6. The molecule has 2 rings (SSSR count). The zero-order chi connectivity index (χ0) is 18.4. The molecule has 0 radical (unpaired) electrons. The molecule has 0 saturated carbocycles. The molecular weight excluding hydrogens is 316 g/mol. The van der Waals surface area contributed by atoms with Crippen molar-refractivity contribution < 1.29 is 14.6 Å². The molecule has 0 aromatic heterocycles. The van der Waals surface area contributed by atoms with Gasteiger partial charge in [0, 0.05) is 17.8 Å². The Balaban J connectivity index is 2.21. The number of urea groups is 1. The van der Waals surface area contributed by atoms with Gasteiger partial charge in [0.05, 0.1) is 20.3 Å². The van der Waals surface area contributed by atoms with E-state index in [0.29, 0.717) is 6.54 Å². The van der Waals surface area contributed by atoms with Crippen LogP contribution in [0.5, 0.6) is 5.75 Å². The highest BCUT2D eigenvalue weighted by molar-refractivity contribution is 5.91. The van der Waals surface area contributed by atoms with Gasteiger partial charge in [-0.05, 0) is 38.0 Å². The van der Waals surface area contributed by atoms with Gasteiger partial charge in [0.25, 0.3) is 0 Å². The van der Waals surface area contributed by atoms with Crippen molar-refractivity contribution in [3.05, 3.63) is 58.7 Å². The molecular formula is C20H26N2O3. The third kappa shape index (κ3) is 4.73. The number of carbonyl (C=O) groups excluding carboxylic acids is 1. The number of nitrogens with one attached hydrogen (secondary N) is 1. The molecule has 0 saturated heterocycles. The molecule has 0 heterocycles. The van der Waals surface area contributed by atoms with Gasteiger partial charge in [0.2, 0.25) is 0 Å². The maximum absolute atomic E-state index is 12.8. The highest BCUT2D eigenvalue weighted by Crippen LogP contribution is 2.23. The van der Waals surface area contributed by atoms with Gasteiger partial charge in [-0.2, -0.15) is 0 Å². The lowest BCUT2D eigenvalue weighted by molar-refractivity contribution is 0.184. The predicted molar refractivity (Wildman–Crippen MR) is 100 cm³/mol. The zero-order valence-electron chi connectivity index (χ0n) is 15.3. The van der Waals surface area contributed by atoms with Crippen molar-refractivity contribution in [2.24, 2.45) is 0 Å². The maximum atomic E-state index is 12.8. The van der Waals surface area contributed by atoms with E-state index in [4.69, 9.17) is 4.74 Å². The number of hydrogen-bond acceptors (Lipinski definition) is 3. The van der Waals surface area contributed by atoms with Gasteiger partial charge in [-0.1, -0.05) is 35.9 Å². The van der Waals surface area contributed by atoms with Crippen molar-refractivity contribution in [1.29, 1.82) is 0 Å². The Morgan fingerprint density at radius 1 is 1.16 bits per heavy atom. The van der Waals surface area contributed by atoms with E-state index in [-0.39, 0.29) is 19.2 Å². The summed E-state index contributed by atoms with van der Waals surface area (Å²) in [7, 11) is 1.61. The molecule has 134 valence electrons. The number of aliphatic hydroxyl groups excluding tert-OH is 1. The lowest BCUT2D eigenvalue weighted by Crippen LogP contribution is -2.37. The number of nitrogens with zero attached hydrogens (tertiary/aromatic N) is 1. The molecule has 2 aromatic rings. The van der Waals surface area contributed by atoms with Gasteiger partial charge in [-0.15, -0.1) is 0 Å². The fraction of sp³-hybridized carbons (Fsp3) is 0.350. The minimum atomic E-state index is -0.241. The van der Waals surface area contributed by atoms with Crippen molar-refractivity contribution in [2.75, 3.05) is 25.6 Å². The van der Waals surface area contributed by atoms with Gasteiger partial charge in [0.15, 0.2) is 0 Å². The first-order valence-corrected chi connectivity index (χ1v) is 8.32. The van der Waals surface area contributed by atoms with Crippen molar-refractivity contribution in [2.45, 2.75) is 27.3 Å². The predicted octanol–water partition coefficient (Wildman–Crippen LogP) is 3.65. The summed E-state index contributed by atoms with van der Waals surface area (Å²) in [6, 6.07) is 11.4. The quantitative estimate of drug-likeness (QED) is 0.842. The van der Waals surface area contributed by atoms with Crippen LogP contribution < -0.4 is 10.1 Å². The molecule has 25 heavy (non-hydrogen) atoms. The van der Waals surface area contributed by atoms with E-state index in [2.05, 4.69) is 5.32 Å². The molecule has 0 bridgehead atoms. The Morgan fingerprint density at radius 3 is 2.40 bits per heavy atom. The molecule has 0 aliphatic carbocycles. The first-order valence-electron chi connectivity index (χ1n) is 8.32. The lowest BCUT2D eigenvalue weighted by Gasteiger charge is -2.24. The maximum Gasteiger partial charge on any atom is 0.322 e. The normalized spacial score (nSPS) is 10.4. The summed E-state index contributed by atoms with van der Waals surface area (Å²) in [6.07, 6.45) is 0. The van der Waals surface area contributed by atoms with E-state index in [0.717, 1.165) is 33.7 Å². The van der Waals surface area contributed by atoms with E-state index < -0.39 is 0 Å². The van der Waals surface area contributed by atoms with Crippen molar-refractivity contribution >= 4 is 11.7 Å². The fourth-order valence-electron chi connectivity index (χ4n) is 2.98. The van der Waals surface area contributed by atoms with Crippen molar-refractivity contribution in [1.82, 2.24) is 4.90 Å². The Kier molecular flexibility index (Phi) is 6.42. The molecule has 2 N–H and O–H groups in total. The molecule has 0 aliphatic heterocycles. The number of ether oxygens (including phenoxy) is 1. The van der Waals surface area contributed by atoms with Crippen LogP contribution in [0.1, 0.15) is 22.3 Å². The molecule has 5 heteroatoms. The molecule has 0 atom stereocenters. The third-order valence-electron chi connectivity index (χ3n) is 4.12. The number of amides is 2. The zero-order valence-corrected chi connectivity index (χ0v) is 15.3. The monoisotopic (exact) mass is 342 g/mol. The van der Waals surface area contributed by atoms with Crippen LogP contribution in [-0.4, -0.2) is 36.3 Å². The summed E-state index contributed by atoms with van der Waals surface area (Å²) in [5, 5.41) is 12.3. The lowest BCUT2D eigenvalue weighted by atomic mass is 10.1. The summed E-state index contributed by atoms with van der Waals surface area (Å²) in [5.74, 6) is 0.723. The Morgan fingerprint density at radius 2 is 1.80 bits per heavy atom. The Labute approximate surface area is 149 Å². The number of carbonyl (C=O) groups is 1. The third-order valence-corrected chi connectivity index (χ3v) is 4.12. The number of aliphatic hydroxyl groups is 1. The molecule has 0 spiro atoms. The van der Waals surface area contributed by atoms with E-state index in [1.165, 1.54) is 0 Å². The topological polar surface area (TPSA) is 61.8 Å². The first-order chi connectivity index (χ1) is 12.0. The van der Waals surface area contributed by atoms with Crippen LogP contribution in [-0.2, 0) is 6.54 Å². The second kappa shape index (κ2) is 8.53. The van der Waals surface area contributed by atoms with Gasteiger partial charge in [-0.25, -0.2) is 4.79 Å². The summed E-state index contributed by atoms with van der Waals surface area (Å²) in [6.45, 7) is 6.49. The average molecular weight is 342 g/mol. The van der Waals surface area contributed by atoms with Crippen LogP contribution in [0.4, 0.5) is 10.5 Å². The van der Waals surface area contributed by atoms with Crippen LogP contribution in [0.15, 0.2) is 36.4 Å². The molecule has 0 fully saturated rings. The number of aryl methyl sites for hydroxylation is 3. The number of methoxy groups -OCH3 is 1. The minimum absolute atomic E-state index is 0.103. The minimum Gasteiger partial charge on any atom is -0.496 e. The van der Waals surface area contributed by atoms with Gasteiger partial charge >= 0.3 is 6.03 Å². The van der Waals surface area contributed by atoms with E-state index in [9.17, 15) is 9.90 Å². The van der Waals surface area contributed by atoms with Gasteiger partial charge in [0.1, 0.15) is 5.75 Å². The standard InChI is InChI=1S/C20H26N2O3/c1-14-11-15(2)19(16(3)12-14)21-20(24)22(9-10-23)13-17-7-5-6-8-18(17)25-4/h5-8,11-12,23H,9-10,13H2,1-4H3,(H,21,24). The van der Waals surface area contributed by atoms with Crippen LogP contribution in [0.25, 0.3) is 0 Å². The molecule has 2 amide bonds. The molecule has 5 nitrogen and oxygen atoms in total. The number of benzene rings is 2. The van der Waals surface area contributed by atoms with Gasteiger partial charge < -0.3 is 20.1 Å². The second-order valence-corrected chi connectivity index (χ2v) is 6.16. The number of hydrogen-bond donors (Lipinski definition) is 2. The van der Waals surface area contributed by atoms with Crippen LogP contribution in [0.2, 0.25) is 0 Å². The largest absolute Gasteiger partial charge is 0.496 e. The number of para-hydroxylation sites is 1. The molecule has 0 unspecified atom stereocenters. The molecule has 2 aromatic carbocycles.